The summed E-state index contributed by atoms with van der Waals surface area (Å²) in [5.74, 6) is 0. The molecule has 17 heavy (non-hydrogen) atoms. The van der Waals surface area contributed by atoms with Crippen molar-refractivity contribution in [2.24, 2.45) is 5.73 Å². The number of anilines is 1. The van der Waals surface area contributed by atoms with Crippen LogP contribution >= 0.6 is 11.6 Å². The van der Waals surface area contributed by atoms with E-state index in [4.69, 9.17) is 17.3 Å². The van der Waals surface area contributed by atoms with E-state index in [-0.39, 0.29) is 18.1 Å². The first-order valence-corrected chi connectivity index (χ1v) is 6.01. The van der Waals surface area contributed by atoms with Gasteiger partial charge in [0.05, 0.1) is 0 Å². The van der Waals surface area contributed by atoms with Crippen molar-refractivity contribution in [3.8, 4) is 0 Å². The van der Waals surface area contributed by atoms with Gasteiger partial charge in [-0.15, -0.1) is 0 Å². The maximum atomic E-state index is 11.6. The van der Waals surface area contributed by atoms with Gasteiger partial charge in [-0.25, -0.2) is 4.79 Å². The topological polar surface area (TPSA) is 67.2 Å². The van der Waals surface area contributed by atoms with Gasteiger partial charge in [-0.2, -0.15) is 0 Å². The van der Waals surface area contributed by atoms with Crippen molar-refractivity contribution in [2.75, 3.05) is 5.32 Å². The number of hydrogen-bond acceptors (Lipinski definition) is 2. The Morgan fingerprint density at radius 2 is 2.18 bits per heavy atom. The second kappa shape index (κ2) is 4.94. The minimum Gasteiger partial charge on any atom is -0.335 e. The van der Waals surface area contributed by atoms with Gasteiger partial charge in [-0.05, 0) is 37.5 Å². The van der Waals surface area contributed by atoms with Gasteiger partial charge in [-0.3, -0.25) is 0 Å². The Labute approximate surface area is 106 Å². The number of amides is 2. The van der Waals surface area contributed by atoms with Crippen molar-refractivity contribution in [1.82, 2.24) is 5.32 Å². The summed E-state index contributed by atoms with van der Waals surface area (Å²) in [6, 6.07) is 5.66. The molecule has 92 valence electrons. The van der Waals surface area contributed by atoms with Crippen molar-refractivity contribution >= 4 is 23.3 Å². The van der Waals surface area contributed by atoms with Crippen molar-refractivity contribution in [3.05, 3.63) is 28.8 Å². The number of halogens is 1. The Hall–Kier alpha value is -1.26. The molecular formula is C12H16ClN3O. The molecular weight excluding hydrogens is 238 g/mol. The summed E-state index contributed by atoms with van der Waals surface area (Å²) in [5.41, 5.74) is 7.33. The zero-order chi connectivity index (χ0) is 12.4. The molecule has 2 rings (SSSR count). The lowest BCUT2D eigenvalue weighted by atomic mass is 9.88. The summed E-state index contributed by atoms with van der Waals surface area (Å²) in [7, 11) is 0. The molecule has 0 atom stereocenters. The van der Waals surface area contributed by atoms with Gasteiger partial charge in [0.15, 0.2) is 0 Å². The quantitative estimate of drug-likeness (QED) is 0.757. The molecule has 0 unspecified atom stereocenters. The molecule has 0 spiro atoms. The first-order valence-electron chi connectivity index (χ1n) is 5.64. The van der Waals surface area contributed by atoms with Gasteiger partial charge < -0.3 is 16.4 Å². The van der Waals surface area contributed by atoms with E-state index >= 15 is 0 Å². The minimum atomic E-state index is -0.207. The summed E-state index contributed by atoms with van der Waals surface area (Å²) in [6.45, 7) is 1.92. The van der Waals surface area contributed by atoms with Gasteiger partial charge in [0.25, 0.3) is 0 Å². The molecule has 1 aliphatic rings. The molecule has 0 heterocycles. The lowest BCUT2D eigenvalue weighted by Crippen LogP contribution is -2.51. The molecule has 1 saturated carbocycles. The zero-order valence-corrected chi connectivity index (χ0v) is 10.4. The molecule has 0 bridgehead atoms. The van der Waals surface area contributed by atoms with E-state index in [0.29, 0.717) is 10.7 Å². The average Bonchev–Trinajstić information content (AvgIpc) is 2.21. The smallest absolute Gasteiger partial charge is 0.319 e. The largest absolute Gasteiger partial charge is 0.335 e. The highest BCUT2D eigenvalue weighted by atomic mass is 35.5. The molecule has 2 amide bonds. The molecule has 0 saturated heterocycles. The van der Waals surface area contributed by atoms with Crippen molar-refractivity contribution in [2.45, 2.75) is 31.8 Å². The van der Waals surface area contributed by atoms with Crippen LogP contribution < -0.4 is 16.4 Å². The Morgan fingerprint density at radius 3 is 2.76 bits per heavy atom. The predicted molar refractivity (Wildman–Crippen MR) is 69.3 cm³/mol. The standard InChI is InChI=1S/C12H16ClN3O/c1-7-2-3-9(6-11(7)13)15-12(17)16-10-4-8(14)5-10/h2-3,6,8,10H,4-5,14H2,1H3,(H2,15,16,17). The monoisotopic (exact) mass is 253 g/mol. The molecule has 5 heteroatoms. The number of rotatable bonds is 2. The molecule has 1 aromatic carbocycles. The minimum absolute atomic E-state index is 0.200. The summed E-state index contributed by atoms with van der Waals surface area (Å²) < 4.78 is 0. The number of nitrogens with one attached hydrogen (secondary N) is 2. The zero-order valence-electron chi connectivity index (χ0n) is 9.66. The first kappa shape index (κ1) is 12.2. The van der Waals surface area contributed by atoms with Crippen LogP contribution in [0.4, 0.5) is 10.5 Å². The molecule has 1 aliphatic carbocycles. The third-order valence-corrected chi connectivity index (χ3v) is 3.35. The van der Waals surface area contributed by atoms with Crippen molar-refractivity contribution in [3.63, 3.8) is 0 Å². The number of benzene rings is 1. The average molecular weight is 254 g/mol. The van der Waals surface area contributed by atoms with Crippen LogP contribution in [0, 0.1) is 6.92 Å². The summed E-state index contributed by atoms with van der Waals surface area (Å²) >= 11 is 5.97. The third-order valence-electron chi connectivity index (χ3n) is 2.94. The summed E-state index contributed by atoms with van der Waals surface area (Å²) in [6.07, 6.45) is 1.70. The van der Waals surface area contributed by atoms with Crippen LogP contribution in [-0.2, 0) is 0 Å². The van der Waals surface area contributed by atoms with Crippen molar-refractivity contribution < 1.29 is 4.79 Å². The van der Waals surface area contributed by atoms with Gasteiger partial charge in [0.2, 0.25) is 0 Å². The van der Waals surface area contributed by atoms with Crippen LogP contribution in [0.25, 0.3) is 0 Å². The van der Waals surface area contributed by atoms with Gasteiger partial charge in [-0.1, -0.05) is 17.7 Å². The molecule has 1 aromatic rings. The van der Waals surface area contributed by atoms with Crippen LogP contribution in [0.3, 0.4) is 0 Å². The first-order chi connectivity index (χ1) is 8.04. The number of nitrogens with two attached hydrogens (primary N) is 1. The van der Waals surface area contributed by atoms with Gasteiger partial charge >= 0.3 is 6.03 Å². The van der Waals surface area contributed by atoms with E-state index in [1.54, 1.807) is 6.07 Å². The fourth-order valence-corrected chi connectivity index (χ4v) is 1.98. The lowest BCUT2D eigenvalue weighted by molar-refractivity contribution is 0.234. The van der Waals surface area contributed by atoms with Crippen molar-refractivity contribution in [1.29, 1.82) is 0 Å². The fourth-order valence-electron chi connectivity index (χ4n) is 1.80. The van der Waals surface area contributed by atoms with E-state index in [9.17, 15) is 4.79 Å². The lowest BCUT2D eigenvalue weighted by Gasteiger charge is -2.32. The predicted octanol–water partition coefficient (Wildman–Crippen LogP) is 2.26. The number of hydrogen-bond donors (Lipinski definition) is 3. The Morgan fingerprint density at radius 1 is 1.47 bits per heavy atom. The molecule has 0 radical (unpaired) electrons. The normalized spacial score (nSPS) is 22.8. The molecule has 0 aromatic heterocycles. The molecule has 4 nitrogen and oxygen atoms in total. The maximum Gasteiger partial charge on any atom is 0.319 e. The Balaban J connectivity index is 1.87. The maximum absolute atomic E-state index is 11.6. The summed E-state index contributed by atoms with van der Waals surface area (Å²) in [4.78, 5) is 11.6. The number of urea groups is 1. The van der Waals surface area contributed by atoms with E-state index < -0.39 is 0 Å². The van der Waals surface area contributed by atoms with E-state index in [2.05, 4.69) is 10.6 Å². The summed E-state index contributed by atoms with van der Waals surface area (Å²) in [5, 5.41) is 6.25. The molecule has 4 N–H and O–H groups in total. The number of carbonyl (C=O) groups excluding carboxylic acids is 1. The third kappa shape index (κ3) is 3.11. The Bertz CT molecular complexity index is 430. The highest BCUT2D eigenvalue weighted by Crippen LogP contribution is 2.20. The second-order valence-corrected chi connectivity index (χ2v) is 4.90. The highest BCUT2D eigenvalue weighted by Gasteiger charge is 2.26. The SMILES string of the molecule is Cc1ccc(NC(=O)NC2CC(N)C2)cc1Cl. The second-order valence-electron chi connectivity index (χ2n) is 4.49. The number of carbonyl (C=O) groups is 1. The van der Waals surface area contributed by atoms with Crippen LogP contribution in [-0.4, -0.2) is 18.1 Å². The van der Waals surface area contributed by atoms with Crippen LogP contribution in [0.2, 0.25) is 5.02 Å². The van der Waals surface area contributed by atoms with Crippen LogP contribution in [0.15, 0.2) is 18.2 Å². The van der Waals surface area contributed by atoms with Crippen LogP contribution in [0.5, 0.6) is 0 Å². The number of aryl methyl sites for hydroxylation is 1. The molecule has 0 aliphatic heterocycles. The fraction of sp³-hybridized carbons (Fsp3) is 0.417. The Kier molecular flexibility index (Phi) is 3.54. The van der Waals surface area contributed by atoms with E-state index in [1.807, 2.05) is 19.1 Å². The van der Waals surface area contributed by atoms with Gasteiger partial charge in [0.1, 0.15) is 0 Å². The van der Waals surface area contributed by atoms with E-state index in [1.165, 1.54) is 0 Å². The van der Waals surface area contributed by atoms with Gasteiger partial charge in [0, 0.05) is 22.8 Å². The van der Waals surface area contributed by atoms with E-state index in [0.717, 1.165) is 18.4 Å². The highest BCUT2D eigenvalue weighted by molar-refractivity contribution is 6.31. The molecule has 1 fully saturated rings. The van der Waals surface area contributed by atoms with Crippen LogP contribution in [0.1, 0.15) is 18.4 Å².